The maximum absolute atomic E-state index is 12.5. The van der Waals surface area contributed by atoms with E-state index in [-0.39, 0.29) is 36.5 Å². The van der Waals surface area contributed by atoms with Gasteiger partial charge in [-0.3, -0.25) is 4.90 Å². The van der Waals surface area contributed by atoms with Crippen molar-refractivity contribution in [2.24, 2.45) is 0 Å². The number of hydrogen-bond donors (Lipinski definition) is 0. The van der Waals surface area contributed by atoms with Gasteiger partial charge in [0.15, 0.2) is 0 Å². The summed E-state index contributed by atoms with van der Waals surface area (Å²) < 4.78 is 17.9. The average molecular weight is 335 g/mol. The number of nitrogens with zero attached hydrogens (tertiary/aromatic N) is 1. The molecule has 2 bridgehead atoms. The minimum absolute atomic E-state index is 0.0904. The van der Waals surface area contributed by atoms with Gasteiger partial charge in [0.05, 0.1) is 17.2 Å². The number of rotatable bonds is 1. The van der Waals surface area contributed by atoms with E-state index in [0.717, 1.165) is 19.3 Å². The zero-order valence-electron chi connectivity index (χ0n) is 16.0. The summed E-state index contributed by atoms with van der Waals surface area (Å²) in [6.07, 6.45) is 4.73. The van der Waals surface area contributed by atoms with Crippen LogP contribution in [0.1, 0.15) is 67.7 Å². The van der Waals surface area contributed by atoms with Gasteiger partial charge in [0.1, 0.15) is 5.60 Å². The third-order valence-electron chi connectivity index (χ3n) is 5.58. The summed E-state index contributed by atoms with van der Waals surface area (Å²) in [5.74, 6) is 0. The van der Waals surface area contributed by atoms with Gasteiger partial charge in [-0.25, -0.2) is 4.79 Å². The molecule has 134 valence electrons. The number of ether oxygens (including phenoxy) is 1. The predicted molar refractivity (Wildman–Crippen MR) is 93.7 cm³/mol. The smallest absolute Gasteiger partial charge is 0.444 e. The lowest BCUT2D eigenvalue weighted by molar-refractivity contribution is 0.00578. The normalized spacial score (nSPS) is 31.2. The van der Waals surface area contributed by atoms with Gasteiger partial charge >= 0.3 is 13.2 Å². The molecule has 24 heavy (non-hydrogen) atoms. The fourth-order valence-electron chi connectivity index (χ4n) is 3.63. The third kappa shape index (κ3) is 3.10. The maximum Gasteiger partial charge on any atom is 0.490 e. The molecule has 0 N–H and O–H groups in total. The molecule has 0 aromatic carbocycles. The zero-order chi connectivity index (χ0) is 17.9. The molecule has 2 atom stereocenters. The molecular weight excluding hydrogens is 305 g/mol. The van der Waals surface area contributed by atoms with Gasteiger partial charge in [-0.2, -0.15) is 0 Å². The topological polar surface area (TPSA) is 48.0 Å². The number of carbonyl (C=O) groups excluding carboxylic acids is 1. The van der Waals surface area contributed by atoms with Crippen molar-refractivity contribution < 1.29 is 18.8 Å². The van der Waals surface area contributed by atoms with Crippen molar-refractivity contribution in [1.82, 2.24) is 4.90 Å². The fourth-order valence-corrected chi connectivity index (χ4v) is 3.63. The van der Waals surface area contributed by atoms with Crippen molar-refractivity contribution in [2.75, 3.05) is 0 Å². The predicted octanol–water partition coefficient (Wildman–Crippen LogP) is 3.72. The molecule has 6 heteroatoms. The van der Waals surface area contributed by atoms with E-state index in [2.05, 4.69) is 33.8 Å². The van der Waals surface area contributed by atoms with Crippen LogP contribution < -0.4 is 0 Å². The van der Waals surface area contributed by atoms with Crippen LogP contribution >= 0.6 is 0 Å². The highest BCUT2D eigenvalue weighted by molar-refractivity contribution is 6.54. The molecule has 2 saturated heterocycles. The molecule has 2 fully saturated rings. The first-order valence-corrected chi connectivity index (χ1v) is 8.97. The van der Waals surface area contributed by atoms with Crippen molar-refractivity contribution in [3.8, 4) is 0 Å². The molecule has 0 aromatic rings. The molecule has 3 rings (SSSR count). The lowest BCUT2D eigenvalue weighted by atomic mass is 9.73. The SMILES string of the molecule is CC(C)(C)OC(=O)N1[C@H]2CC[C@@H]1C=C(B1OC(C)(C)C(C)(C)O1)C2. The summed E-state index contributed by atoms with van der Waals surface area (Å²) in [5, 5.41) is 0. The molecule has 3 aliphatic heterocycles. The van der Waals surface area contributed by atoms with Gasteiger partial charge < -0.3 is 14.0 Å². The monoisotopic (exact) mass is 335 g/mol. The largest absolute Gasteiger partial charge is 0.490 e. The minimum atomic E-state index is -0.466. The van der Waals surface area contributed by atoms with Gasteiger partial charge in [0.25, 0.3) is 0 Å². The summed E-state index contributed by atoms with van der Waals surface area (Å²) in [5.41, 5.74) is 0.0346. The molecular formula is C18H30BNO4. The van der Waals surface area contributed by atoms with E-state index < -0.39 is 5.60 Å². The molecule has 3 aliphatic rings. The minimum Gasteiger partial charge on any atom is -0.444 e. The first-order valence-electron chi connectivity index (χ1n) is 8.97. The van der Waals surface area contributed by atoms with Crippen molar-refractivity contribution in [1.29, 1.82) is 0 Å². The Kier molecular flexibility index (Phi) is 4.08. The number of hydrogen-bond acceptors (Lipinski definition) is 4. The van der Waals surface area contributed by atoms with Gasteiger partial charge in [-0.1, -0.05) is 6.08 Å². The van der Waals surface area contributed by atoms with Crippen LogP contribution in [-0.4, -0.2) is 47.0 Å². The van der Waals surface area contributed by atoms with Gasteiger partial charge in [-0.05, 0) is 73.2 Å². The molecule has 1 amide bonds. The van der Waals surface area contributed by atoms with Crippen LogP contribution in [0, 0.1) is 0 Å². The molecule has 0 spiro atoms. The molecule has 0 unspecified atom stereocenters. The Labute approximate surface area is 145 Å². The van der Waals surface area contributed by atoms with Crippen LogP contribution in [0.15, 0.2) is 11.5 Å². The van der Waals surface area contributed by atoms with Crippen molar-refractivity contribution in [3.63, 3.8) is 0 Å². The second-order valence-corrected chi connectivity index (χ2v) is 9.22. The van der Waals surface area contributed by atoms with Crippen LogP contribution in [0.5, 0.6) is 0 Å². The Hall–Kier alpha value is -1.01. The van der Waals surface area contributed by atoms with Gasteiger partial charge in [0.2, 0.25) is 0 Å². The Morgan fingerprint density at radius 3 is 2.29 bits per heavy atom. The fraction of sp³-hybridized carbons (Fsp3) is 0.833. The Bertz CT molecular complexity index is 548. The van der Waals surface area contributed by atoms with Crippen LogP contribution in [0.4, 0.5) is 4.79 Å². The standard InChI is InChI=1S/C18H30BNO4/c1-16(2,3)22-15(21)20-13-8-9-14(20)11-12(10-13)19-23-17(4,5)18(6,7)24-19/h10,13-14H,8-9,11H2,1-7H3/t13-,14+/m1/s1. The second-order valence-electron chi connectivity index (χ2n) is 9.22. The molecule has 5 nitrogen and oxygen atoms in total. The summed E-state index contributed by atoms with van der Waals surface area (Å²) in [6.45, 7) is 14.0. The van der Waals surface area contributed by atoms with Crippen LogP contribution in [0.2, 0.25) is 0 Å². The van der Waals surface area contributed by atoms with Crippen molar-refractivity contribution >= 4 is 13.2 Å². The van der Waals surface area contributed by atoms with E-state index in [4.69, 9.17) is 14.0 Å². The highest BCUT2D eigenvalue weighted by Crippen LogP contribution is 2.43. The average Bonchev–Trinajstić information content (AvgIpc) is 2.78. The van der Waals surface area contributed by atoms with Gasteiger partial charge in [-0.15, -0.1) is 0 Å². The zero-order valence-corrected chi connectivity index (χ0v) is 16.0. The molecule has 3 heterocycles. The van der Waals surface area contributed by atoms with Gasteiger partial charge in [0, 0.05) is 6.04 Å². The lowest BCUT2D eigenvalue weighted by Gasteiger charge is -2.35. The molecule has 0 radical (unpaired) electrons. The van der Waals surface area contributed by atoms with E-state index in [0.29, 0.717) is 0 Å². The summed E-state index contributed by atoms with van der Waals surface area (Å²) >= 11 is 0. The van der Waals surface area contributed by atoms with E-state index >= 15 is 0 Å². The molecule has 0 aromatic heterocycles. The Morgan fingerprint density at radius 1 is 1.21 bits per heavy atom. The van der Waals surface area contributed by atoms with Crippen molar-refractivity contribution in [3.05, 3.63) is 11.5 Å². The molecule has 0 aliphatic carbocycles. The number of amides is 1. The number of carbonyl (C=O) groups is 1. The van der Waals surface area contributed by atoms with Crippen LogP contribution in [-0.2, 0) is 14.0 Å². The highest BCUT2D eigenvalue weighted by Gasteiger charge is 2.54. The first kappa shape index (κ1) is 17.8. The molecule has 0 saturated carbocycles. The summed E-state index contributed by atoms with van der Waals surface area (Å²) in [7, 11) is -0.307. The van der Waals surface area contributed by atoms with Crippen molar-refractivity contribution in [2.45, 2.75) is 96.6 Å². The number of fused-ring (bicyclic) bond motifs is 2. The van der Waals surface area contributed by atoms with Crippen LogP contribution in [0.3, 0.4) is 0 Å². The lowest BCUT2D eigenvalue weighted by Crippen LogP contribution is -2.47. The van der Waals surface area contributed by atoms with Crippen LogP contribution in [0.25, 0.3) is 0 Å². The maximum atomic E-state index is 12.5. The quantitative estimate of drug-likeness (QED) is 0.685. The second kappa shape index (κ2) is 5.50. The summed E-state index contributed by atoms with van der Waals surface area (Å²) in [6, 6.07) is 0.275. The third-order valence-corrected chi connectivity index (χ3v) is 5.58. The summed E-state index contributed by atoms with van der Waals surface area (Å²) in [4.78, 5) is 14.4. The van der Waals surface area contributed by atoms with E-state index in [9.17, 15) is 4.79 Å². The first-order chi connectivity index (χ1) is 10.9. The van der Waals surface area contributed by atoms with E-state index in [1.165, 1.54) is 5.47 Å². The highest BCUT2D eigenvalue weighted by atomic mass is 16.7. The Morgan fingerprint density at radius 2 is 1.79 bits per heavy atom. The van der Waals surface area contributed by atoms with E-state index in [1.54, 1.807) is 0 Å². The Balaban J connectivity index is 1.75. The van der Waals surface area contributed by atoms with E-state index in [1.807, 2.05) is 25.7 Å².